The number of aromatic amines is 1. The monoisotopic (exact) mass is 510 g/mol. The number of amides is 5. The van der Waals surface area contributed by atoms with Crippen LogP contribution in [0.1, 0.15) is 43.6 Å². The average molecular weight is 511 g/mol. The van der Waals surface area contributed by atoms with Crippen LogP contribution in [0.25, 0.3) is 10.9 Å². The molecule has 0 spiro atoms. The Kier molecular flexibility index (Phi) is 8.10. The fourth-order valence-corrected chi connectivity index (χ4v) is 4.31. The van der Waals surface area contributed by atoms with Gasteiger partial charge in [0.2, 0.25) is 11.7 Å². The van der Waals surface area contributed by atoms with Crippen molar-refractivity contribution in [2.45, 2.75) is 45.2 Å². The molecular weight excluding hydrogens is 476 g/mol. The standard InChI is InChI=1S/C26H34N6O5/c1-15(2)11-19(30-24(35)20-12-17-5-3-4-6-18(17)29-20)23(34)31-21(14-32-10-9-27-26(32)37)22(33)25(36)28-13-16-7-8-16/h3-6,12,15-16,19,21,29H,7-11,13-14H2,1-2H3,(H,27,37)(H,28,36)(H,30,35)(H,31,34). The van der Waals surface area contributed by atoms with Crippen molar-refractivity contribution in [1.29, 1.82) is 0 Å². The van der Waals surface area contributed by atoms with E-state index in [1.807, 2.05) is 38.1 Å². The molecule has 2 unspecified atom stereocenters. The minimum atomic E-state index is -1.24. The van der Waals surface area contributed by atoms with Crippen LogP contribution in [-0.4, -0.2) is 77.7 Å². The largest absolute Gasteiger partial charge is 0.351 e. The van der Waals surface area contributed by atoms with Crippen molar-refractivity contribution < 1.29 is 24.0 Å². The summed E-state index contributed by atoms with van der Waals surface area (Å²) in [6.07, 6.45) is 2.34. The smallest absolute Gasteiger partial charge is 0.317 e. The predicted molar refractivity (Wildman–Crippen MR) is 137 cm³/mol. The Labute approximate surface area is 215 Å². The molecule has 11 nitrogen and oxygen atoms in total. The first-order valence-corrected chi connectivity index (χ1v) is 12.7. The highest BCUT2D eigenvalue weighted by atomic mass is 16.2. The second kappa shape index (κ2) is 11.4. The average Bonchev–Trinajstić information content (AvgIpc) is 3.45. The molecule has 2 atom stereocenters. The Morgan fingerprint density at radius 3 is 2.49 bits per heavy atom. The highest BCUT2D eigenvalue weighted by Crippen LogP contribution is 2.27. The summed E-state index contributed by atoms with van der Waals surface area (Å²) in [5, 5.41) is 11.5. The van der Waals surface area contributed by atoms with Crippen LogP contribution in [0.4, 0.5) is 4.79 Å². The molecule has 1 saturated heterocycles. The number of urea groups is 1. The fourth-order valence-electron chi connectivity index (χ4n) is 4.31. The first-order chi connectivity index (χ1) is 17.7. The minimum Gasteiger partial charge on any atom is -0.351 e. The van der Waals surface area contributed by atoms with E-state index in [1.165, 1.54) is 4.90 Å². The second-order valence-electron chi connectivity index (χ2n) is 10.2. The number of ketones is 1. The zero-order valence-corrected chi connectivity index (χ0v) is 21.1. The van der Waals surface area contributed by atoms with Crippen molar-refractivity contribution in [2.24, 2.45) is 11.8 Å². The number of carbonyl (C=O) groups excluding carboxylic acids is 5. The Hall–Kier alpha value is -3.89. The van der Waals surface area contributed by atoms with Crippen LogP contribution >= 0.6 is 0 Å². The number of para-hydroxylation sites is 1. The van der Waals surface area contributed by atoms with E-state index in [9.17, 15) is 24.0 Å². The molecule has 5 N–H and O–H groups in total. The van der Waals surface area contributed by atoms with Crippen molar-refractivity contribution >= 4 is 40.4 Å². The maximum absolute atomic E-state index is 13.3. The molecule has 1 aliphatic heterocycles. The van der Waals surface area contributed by atoms with Crippen molar-refractivity contribution in [3.63, 3.8) is 0 Å². The molecule has 198 valence electrons. The maximum atomic E-state index is 13.3. The maximum Gasteiger partial charge on any atom is 0.317 e. The molecule has 1 saturated carbocycles. The molecular formula is C26H34N6O5. The molecule has 11 heteroatoms. The number of nitrogens with one attached hydrogen (secondary N) is 5. The van der Waals surface area contributed by atoms with Crippen LogP contribution in [0, 0.1) is 11.8 Å². The van der Waals surface area contributed by atoms with E-state index in [4.69, 9.17) is 0 Å². The van der Waals surface area contributed by atoms with Gasteiger partial charge in [-0.25, -0.2) is 4.79 Å². The fraction of sp³-hybridized carbons (Fsp3) is 0.500. The molecule has 5 amide bonds. The highest BCUT2D eigenvalue weighted by Gasteiger charge is 2.35. The van der Waals surface area contributed by atoms with Crippen LogP contribution < -0.4 is 21.3 Å². The van der Waals surface area contributed by atoms with Crippen molar-refractivity contribution in [3.8, 4) is 0 Å². The predicted octanol–water partition coefficient (Wildman–Crippen LogP) is 0.918. The van der Waals surface area contributed by atoms with Crippen LogP contribution in [0.5, 0.6) is 0 Å². The summed E-state index contributed by atoms with van der Waals surface area (Å²) in [7, 11) is 0. The summed E-state index contributed by atoms with van der Waals surface area (Å²) < 4.78 is 0. The highest BCUT2D eigenvalue weighted by molar-refractivity contribution is 6.38. The van der Waals surface area contributed by atoms with E-state index >= 15 is 0 Å². The molecule has 1 aromatic heterocycles. The lowest BCUT2D eigenvalue weighted by molar-refractivity contribution is -0.140. The molecule has 2 aromatic rings. The van der Waals surface area contributed by atoms with Crippen LogP contribution in [0.15, 0.2) is 30.3 Å². The molecule has 1 aliphatic carbocycles. The Bertz CT molecular complexity index is 1150. The second-order valence-corrected chi connectivity index (χ2v) is 10.2. The summed E-state index contributed by atoms with van der Waals surface area (Å²) >= 11 is 0. The van der Waals surface area contributed by atoms with Gasteiger partial charge in [0.15, 0.2) is 0 Å². The van der Waals surface area contributed by atoms with Gasteiger partial charge in [-0.3, -0.25) is 19.2 Å². The zero-order chi connectivity index (χ0) is 26.5. The van der Waals surface area contributed by atoms with E-state index in [0.29, 0.717) is 37.7 Å². The minimum absolute atomic E-state index is 0.0547. The van der Waals surface area contributed by atoms with Gasteiger partial charge in [-0.05, 0) is 43.2 Å². The Balaban J connectivity index is 1.47. The van der Waals surface area contributed by atoms with Gasteiger partial charge in [-0.2, -0.15) is 0 Å². The van der Waals surface area contributed by atoms with Gasteiger partial charge in [0.1, 0.15) is 17.8 Å². The summed E-state index contributed by atoms with van der Waals surface area (Å²) in [5.41, 5.74) is 1.10. The lowest BCUT2D eigenvalue weighted by Crippen LogP contribution is -2.57. The van der Waals surface area contributed by atoms with Crippen LogP contribution in [-0.2, 0) is 14.4 Å². The molecule has 1 aromatic carbocycles. The molecule has 0 radical (unpaired) electrons. The zero-order valence-electron chi connectivity index (χ0n) is 21.1. The first-order valence-electron chi connectivity index (χ1n) is 12.7. The van der Waals surface area contributed by atoms with E-state index in [2.05, 4.69) is 26.3 Å². The molecule has 2 heterocycles. The lowest BCUT2D eigenvalue weighted by Gasteiger charge is -2.26. The van der Waals surface area contributed by atoms with Gasteiger partial charge in [-0.15, -0.1) is 0 Å². The van der Waals surface area contributed by atoms with Gasteiger partial charge in [0.25, 0.3) is 11.8 Å². The summed E-state index contributed by atoms with van der Waals surface area (Å²) in [4.78, 5) is 68.4. The van der Waals surface area contributed by atoms with Gasteiger partial charge in [-0.1, -0.05) is 32.0 Å². The van der Waals surface area contributed by atoms with Crippen molar-refractivity contribution in [2.75, 3.05) is 26.2 Å². The number of hydrogen-bond donors (Lipinski definition) is 5. The topological polar surface area (TPSA) is 152 Å². The third-order valence-electron chi connectivity index (χ3n) is 6.56. The third kappa shape index (κ3) is 6.87. The molecule has 0 bridgehead atoms. The quantitative estimate of drug-likeness (QED) is 0.269. The van der Waals surface area contributed by atoms with E-state index in [0.717, 1.165) is 23.7 Å². The van der Waals surface area contributed by atoms with Crippen molar-refractivity contribution in [3.05, 3.63) is 36.0 Å². The van der Waals surface area contributed by atoms with Gasteiger partial charge < -0.3 is 31.2 Å². The molecule has 37 heavy (non-hydrogen) atoms. The summed E-state index contributed by atoms with van der Waals surface area (Å²) in [5.74, 6) is -2.23. The van der Waals surface area contributed by atoms with Gasteiger partial charge in [0.05, 0.1) is 6.54 Å². The third-order valence-corrected chi connectivity index (χ3v) is 6.56. The van der Waals surface area contributed by atoms with Crippen LogP contribution in [0.3, 0.4) is 0 Å². The Morgan fingerprint density at radius 2 is 1.84 bits per heavy atom. The number of benzene rings is 1. The first kappa shape index (κ1) is 26.2. The SMILES string of the molecule is CC(C)CC(NC(=O)c1cc2ccccc2[nH]1)C(=O)NC(CN1CCNC1=O)C(=O)C(=O)NCC1CC1. The Morgan fingerprint density at radius 1 is 1.08 bits per heavy atom. The van der Waals surface area contributed by atoms with Crippen LogP contribution in [0.2, 0.25) is 0 Å². The number of H-pyrrole nitrogens is 1. The van der Waals surface area contributed by atoms with E-state index in [-0.39, 0.29) is 18.5 Å². The lowest BCUT2D eigenvalue weighted by atomic mass is 10.0. The summed E-state index contributed by atoms with van der Waals surface area (Å²) in [6.45, 7) is 4.87. The van der Waals surface area contributed by atoms with Crippen molar-refractivity contribution in [1.82, 2.24) is 31.2 Å². The number of Topliss-reactive ketones (excluding diaryl/α,β-unsaturated/α-hetero) is 1. The van der Waals surface area contributed by atoms with Gasteiger partial charge in [0, 0.05) is 30.5 Å². The van der Waals surface area contributed by atoms with E-state index < -0.39 is 35.6 Å². The molecule has 2 fully saturated rings. The number of hydrogen-bond acceptors (Lipinski definition) is 5. The number of fused-ring (bicyclic) bond motifs is 1. The number of rotatable bonds is 12. The number of aromatic nitrogens is 1. The summed E-state index contributed by atoms with van der Waals surface area (Å²) in [6, 6.07) is 6.60. The number of carbonyl (C=O) groups is 5. The number of nitrogens with zero attached hydrogens (tertiary/aromatic N) is 1. The van der Waals surface area contributed by atoms with E-state index in [1.54, 1.807) is 6.07 Å². The molecule has 4 rings (SSSR count). The molecule has 2 aliphatic rings. The van der Waals surface area contributed by atoms with Gasteiger partial charge >= 0.3 is 6.03 Å². The normalized spacial score (nSPS) is 16.8.